The third kappa shape index (κ3) is 3.76. The van der Waals surface area contributed by atoms with E-state index >= 15 is 0 Å². The summed E-state index contributed by atoms with van der Waals surface area (Å²) in [6.45, 7) is 0.646. The van der Waals surface area contributed by atoms with Crippen molar-refractivity contribution in [3.05, 3.63) is 65.2 Å². The first kappa shape index (κ1) is 16.1. The second-order valence-corrected chi connectivity index (χ2v) is 5.76. The number of carbonyl (C=O) groups excluding carboxylic acids is 2. The van der Waals surface area contributed by atoms with Gasteiger partial charge in [0, 0.05) is 30.4 Å². The Morgan fingerprint density at radius 2 is 2.17 bits per heavy atom. The lowest BCUT2D eigenvalue weighted by atomic mass is 10.0. The molecule has 1 saturated heterocycles. The second kappa shape index (κ2) is 7.21. The van der Waals surface area contributed by atoms with Crippen LogP contribution < -0.4 is 10.6 Å². The lowest BCUT2D eigenvalue weighted by Gasteiger charge is -2.22. The molecule has 2 aromatic rings. The summed E-state index contributed by atoms with van der Waals surface area (Å²) >= 11 is 0. The molecule has 5 nitrogen and oxygen atoms in total. The third-order valence-electron chi connectivity index (χ3n) is 4.00. The fraction of sp³-hybridized carbons (Fsp3) is 0.278. The highest BCUT2D eigenvalue weighted by atomic mass is 19.1. The first-order valence-electron chi connectivity index (χ1n) is 7.90. The maximum Gasteiger partial charge on any atom is 0.252 e. The van der Waals surface area contributed by atoms with E-state index in [1.807, 2.05) is 0 Å². The van der Waals surface area contributed by atoms with Crippen LogP contribution in [0.25, 0.3) is 0 Å². The van der Waals surface area contributed by atoms with Gasteiger partial charge in [0.15, 0.2) is 0 Å². The molecule has 2 N–H and O–H groups in total. The number of nitrogens with zero attached hydrogens (tertiary/aromatic N) is 1. The SMILES string of the molecule is O=C(N[C@@H]1CCCNC1=O)c1ccnc(Cc2ccccc2F)c1. The minimum absolute atomic E-state index is 0.157. The van der Waals surface area contributed by atoms with Crippen LogP contribution in [0, 0.1) is 5.82 Å². The molecule has 0 aliphatic carbocycles. The van der Waals surface area contributed by atoms with Crippen LogP contribution in [0.15, 0.2) is 42.6 Å². The molecule has 1 aliphatic rings. The summed E-state index contributed by atoms with van der Waals surface area (Å²) in [6, 6.07) is 9.18. The molecule has 2 amide bonds. The van der Waals surface area contributed by atoms with E-state index < -0.39 is 6.04 Å². The van der Waals surface area contributed by atoms with Gasteiger partial charge in [-0.25, -0.2) is 4.39 Å². The summed E-state index contributed by atoms with van der Waals surface area (Å²) < 4.78 is 13.7. The Kier molecular flexibility index (Phi) is 4.84. The van der Waals surface area contributed by atoms with Gasteiger partial charge in [-0.15, -0.1) is 0 Å². The Morgan fingerprint density at radius 3 is 2.96 bits per heavy atom. The monoisotopic (exact) mass is 327 g/mol. The van der Waals surface area contributed by atoms with Crippen molar-refractivity contribution in [2.75, 3.05) is 6.54 Å². The highest BCUT2D eigenvalue weighted by molar-refractivity contribution is 5.97. The molecular formula is C18H18FN3O2. The van der Waals surface area contributed by atoms with Crippen molar-refractivity contribution >= 4 is 11.8 Å². The molecule has 2 heterocycles. The number of hydrogen-bond acceptors (Lipinski definition) is 3. The number of hydrogen-bond donors (Lipinski definition) is 2. The topological polar surface area (TPSA) is 71.1 Å². The molecule has 24 heavy (non-hydrogen) atoms. The molecule has 0 bridgehead atoms. The van der Waals surface area contributed by atoms with Crippen LogP contribution in [0.4, 0.5) is 4.39 Å². The van der Waals surface area contributed by atoms with Crippen LogP contribution in [0.1, 0.15) is 34.5 Å². The minimum atomic E-state index is -0.505. The first-order chi connectivity index (χ1) is 11.6. The van der Waals surface area contributed by atoms with Gasteiger partial charge in [-0.05, 0) is 36.6 Å². The molecule has 1 atom stereocenters. The maximum absolute atomic E-state index is 13.7. The molecule has 6 heteroatoms. The Balaban J connectivity index is 1.71. The number of aromatic nitrogens is 1. The normalized spacial score (nSPS) is 17.2. The van der Waals surface area contributed by atoms with Gasteiger partial charge in [0.25, 0.3) is 5.91 Å². The lowest BCUT2D eigenvalue weighted by molar-refractivity contribution is -0.124. The molecule has 0 saturated carbocycles. The number of rotatable bonds is 4. The average molecular weight is 327 g/mol. The Labute approximate surface area is 139 Å². The first-order valence-corrected chi connectivity index (χ1v) is 7.90. The molecular weight excluding hydrogens is 309 g/mol. The zero-order valence-electron chi connectivity index (χ0n) is 13.1. The largest absolute Gasteiger partial charge is 0.354 e. The quantitative estimate of drug-likeness (QED) is 0.900. The number of pyridine rings is 1. The van der Waals surface area contributed by atoms with Crippen LogP contribution in [0.3, 0.4) is 0 Å². The van der Waals surface area contributed by atoms with Crippen molar-refractivity contribution in [2.45, 2.75) is 25.3 Å². The number of piperidine rings is 1. The smallest absolute Gasteiger partial charge is 0.252 e. The van der Waals surface area contributed by atoms with E-state index in [-0.39, 0.29) is 17.6 Å². The summed E-state index contributed by atoms with van der Waals surface area (Å²) in [4.78, 5) is 28.3. The fourth-order valence-corrected chi connectivity index (χ4v) is 2.70. The molecule has 0 radical (unpaired) electrons. The van der Waals surface area contributed by atoms with E-state index in [1.165, 1.54) is 12.3 Å². The van der Waals surface area contributed by atoms with E-state index in [0.29, 0.717) is 36.2 Å². The molecule has 1 aliphatic heterocycles. The van der Waals surface area contributed by atoms with E-state index in [1.54, 1.807) is 30.3 Å². The molecule has 0 spiro atoms. The van der Waals surface area contributed by atoms with E-state index in [4.69, 9.17) is 0 Å². The van der Waals surface area contributed by atoms with Gasteiger partial charge >= 0.3 is 0 Å². The van der Waals surface area contributed by atoms with E-state index in [2.05, 4.69) is 15.6 Å². The van der Waals surface area contributed by atoms with Crippen molar-refractivity contribution in [3.63, 3.8) is 0 Å². The van der Waals surface area contributed by atoms with Gasteiger partial charge in [0.2, 0.25) is 5.91 Å². The molecule has 1 aromatic carbocycles. The van der Waals surface area contributed by atoms with E-state index in [9.17, 15) is 14.0 Å². The van der Waals surface area contributed by atoms with Gasteiger partial charge in [0.05, 0.1) is 0 Å². The number of carbonyl (C=O) groups is 2. The van der Waals surface area contributed by atoms with Crippen LogP contribution >= 0.6 is 0 Å². The Hall–Kier alpha value is -2.76. The predicted molar refractivity (Wildman–Crippen MR) is 86.9 cm³/mol. The molecule has 0 unspecified atom stereocenters. The lowest BCUT2D eigenvalue weighted by Crippen LogP contribution is -2.50. The van der Waals surface area contributed by atoms with Crippen molar-refractivity contribution in [1.29, 1.82) is 0 Å². The standard InChI is InChI=1S/C18H18FN3O2/c19-15-5-2-1-4-12(15)10-14-11-13(7-9-20-14)17(23)22-16-6-3-8-21-18(16)24/h1-2,4-5,7,9,11,16H,3,6,8,10H2,(H,21,24)(H,22,23)/t16-/m1/s1. The Morgan fingerprint density at radius 1 is 1.33 bits per heavy atom. The molecule has 1 fully saturated rings. The highest BCUT2D eigenvalue weighted by Gasteiger charge is 2.24. The van der Waals surface area contributed by atoms with E-state index in [0.717, 1.165) is 6.42 Å². The second-order valence-electron chi connectivity index (χ2n) is 5.76. The van der Waals surface area contributed by atoms with Gasteiger partial charge in [-0.1, -0.05) is 18.2 Å². The molecule has 3 rings (SSSR count). The highest BCUT2D eigenvalue weighted by Crippen LogP contribution is 2.13. The zero-order valence-corrected chi connectivity index (χ0v) is 13.1. The fourth-order valence-electron chi connectivity index (χ4n) is 2.70. The minimum Gasteiger partial charge on any atom is -0.354 e. The predicted octanol–water partition coefficient (Wildman–Crippen LogP) is 1.82. The van der Waals surface area contributed by atoms with Crippen molar-refractivity contribution in [3.8, 4) is 0 Å². The van der Waals surface area contributed by atoms with Crippen LogP contribution in [0.5, 0.6) is 0 Å². The summed E-state index contributed by atoms with van der Waals surface area (Å²) in [5.74, 6) is -0.780. The number of amides is 2. The van der Waals surface area contributed by atoms with Gasteiger partial charge in [-0.2, -0.15) is 0 Å². The van der Waals surface area contributed by atoms with Crippen molar-refractivity contribution in [1.82, 2.24) is 15.6 Å². The van der Waals surface area contributed by atoms with Gasteiger partial charge < -0.3 is 10.6 Å². The number of halogens is 1. The Bertz CT molecular complexity index is 763. The summed E-state index contributed by atoms with van der Waals surface area (Å²) in [5.41, 5.74) is 1.53. The average Bonchev–Trinajstić information content (AvgIpc) is 2.59. The van der Waals surface area contributed by atoms with Crippen LogP contribution in [0.2, 0.25) is 0 Å². The van der Waals surface area contributed by atoms with Crippen LogP contribution in [-0.2, 0) is 11.2 Å². The summed E-state index contributed by atoms with van der Waals surface area (Å²) in [5, 5.41) is 5.47. The van der Waals surface area contributed by atoms with Gasteiger partial charge in [-0.3, -0.25) is 14.6 Å². The molecule has 124 valence electrons. The number of benzene rings is 1. The van der Waals surface area contributed by atoms with Crippen molar-refractivity contribution < 1.29 is 14.0 Å². The summed E-state index contributed by atoms with van der Waals surface area (Å²) in [7, 11) is 0. The number of nitrogens with one attached hydrogen (secondary N) is 2. The maximum atomic E-state index is 13.7. The molecule has 1 aromatic heterocycles. The van der Waals surface area contributed by atoms with Crippen molar-refractivity contribution in [2.24, 2.45) is 0 Å². The van der Waals surface area contributed by atoms with Crippen LogP contribution in [-0.4, -0.2) is 29.4 Å². The zero-order chi connectivity index (χ0) is 16.9. The summed E-state index contributed by atoms with van der Waals surface area (Å²) in [6.07, 6.45) is 3.29. The third-order valence-corrected chi connectivity index (χ3v) is 4.00. The van der Waals surface area contributed by atoms with Gasteiger partial charge in [0.1, 0.15) is 11.9 Å².